The molecule has 0 spiro atoms. The minimum absolute atomic E-state index is 0.148. The minimum atomic E-state index is -4.76. The lowest BCUT2D eigenvalue weighted by atomic mass is 10.0. The van der Waals surface area contributed by atoms with Crippen molar-refractivity contribution in [1.29, 1.82) is 0 Å². The average molecular weight is 842 g/mol. The van der Waals surface area contributed by atoms with E-state index < -0.39 is 57.6 Å². The number of phosphoric ester groups is 1. The van der Waals surface area contributed by atoms with E-state index in [0.717, 1.165) is 70.6 Å². The molecule has 0 aliphatic rings. The highest BCUT2D eigenvalue weighted by atomic mass is 31.2. The van der Waals surface area contributed by atoms with E-state index in [1.165, 1.54) is 96.3 Å². The molecule has 4 N–H and O–H groups in total. The summed E-state index contributed by atoms with van der Waals surface area (Å²) in [6.07, 6.45) is 44.5. The van der Waals surface area contributed by atoms with Crippen LogP contribution in [0.25, 0.3) is 0 Å². The van der Waals surface area contributed by atoms with Crippen LogP contribution >= 0.6 is 7.82 Å². The highest BCUT2D eigenvalue weighted by Crippen LogP contribution is 2.43. The van der Waals surface area contributed by atoms with E-state index in [1.807, 2.05) is 0 Å². The summed E-state index contributed by atoms with van der Waals surface area (Å²) in [5.41, 5.74) is 0. The smallest absolute Gasteiger partial charge is 0.472 e. The standard InChI is InChI=1S/C46H84NO10P/c1-3-5-7-9-11-13-15-17-19-21-23-25-27-29-31-33-35-37-44(49)47-43(46(51)52)41-57-58(53,54)56-40-42(48)39-55-45(50)38-36-34-32-30-28-26-24-22-20-18-16-14-12-10-8-6-4-2/h6,8,12,14,18,20,42-43,48H,3-5,7,9-11,13,15-17,19,21-41H2,1-2H3,(H,47,49)(H,51,52)(H,53,54)/b8-6-,14-12-,20-18-. The largest absolute Gasteiger partial charge is 0.480 e. The molecule has 0 aromatic heterocycles. The number of rotatable bonds is 43. The fourth-order valence-corrected chi connectivity index (χ4v) is 7.16. The van der Waals surface area contributed by atoms with Crippen LogP contribution in [0.2, 0.25) is 0 Å². The van der Waals surface area contributed by atoms with E-state index >= 15 is 0 Å². The number of aliphatic hydroxyl groups is 1. The van der Waals surface area contributed by atoms with Crippen LogP contribution < -0.4 is 5.32 Å². The number of hydrogen-bond acceptors (Lipinski definition) is 8. The third kappa shape index (κ3) is 40.5. The number of aliphatic carboxylic acids is 1. The Morgan fingerprint density at radius 3 is 1.50 bits per heavy atom. The maximum absolute atomic E-state index is 12.3. The summed E-state index contributed by atoms with van der Waals surface area (Å²) in [6.45, 7) is 2.49. The lowest BCUT2D eigenvalue weighted by molar-refractivity contribution is -0.147. The summed E-state index contributed by atoms with van der Waals surface area (Å²) in [6, 6.07) is -1.54. The summed E-state index contributed by atoms with van der Waals surface area (Å²) in [5, 5.41) is 21.9. The molecule has 1 amide bonds. The van der Waals surface area contributed by atoms with Crippen LogP contribution in [0.3, 0.4) is 0 Å². The molecule has 0 aromatic carbocycles. The number of esters is 1. The van der Waals surface area contributed by atoms with Crippen LogP contribution in [0.1, 0.15) is 206 Å². The summed E-state index contributed by atoms with van der Waals surface area (Å²) in [7, 11) is -4.76. The van der Waals surface area contributed by atoms with Crippen molar-refractivity contribution in [1.82, 2.24) is 5.32 Å². The molecular formula is C46H84NO10P. The Balaban J connectivity index is 3.87. The number of nitrogens with one attached hydrogen (secondary N) is 1. The third-order valence-electron chi connectivity index (χ3n) is 9.94. The molecule has 0 radical (unpaired) electrons. The number of aliphatic hydroxyl groups excluding tert-OH is 1. The third-order valence-corrected chi connectivity index (χ3v) is 10.9. The normalized spacial score (nSPS) is 14.0. The van der Waals surface area contributed by atoms with Crippen LogP contribution in [0.4, 0.5) is 0 Å². The molecule has 338 valence electrons. The Morgan fingerprint density at radius 1 is 0.569 bits per heavy atom. The summed E-state index contributed by atoms with van der Waals surface area (Å²) >= 11 is 0. The second kappa shape index (κ2) is 41.4. The topological polar surface area (TPSA) is 169 Å². The number of carbonyl (C=O) groups is 3. The predicted molar refractivity (Wildman–Crippen MR) is 236 cm³/mol. The first-order valence-corrected chi connectivity index (χ1v) is 24.5. The fraction of sp³-hybridized carbons (Fsp3) is 0.804. The Morgan fingerprint density at radius 2 is 1.00 bits per heavy atom. The van der Waals surface area contributed by atoms with Crippen molar-refractivity contribution in [2.45, 2.75) is 219 Å². The lowest BCUT2D eigenvalue weighted by Crippen LogP contribution is -2.43. The molecule has 0 fully saturated rings. The Labute approximate surface area is 352 Å². The van der Waals surface area contributed by atoms with Gasteiger partial charge in [0.15, 0.2) is 6.04 Å². The highest BCUT2D eigenvalue weighted by Gasteiger charge is 2.28. The molecule has 12 heteroatoms. The Hall–Kier alpha value is -2.30. The van der Waals surface area contributed by atoms with Gasteiger partial charge in [-0.3, -0.25) is 18.6 Å². The molecule has 0 aromatic rings. The molecule has 58 heavy (non-hydrogen) atoms. The zero-order chi connectivity index (χ0) is 42.8. The van der Waals surface area contributed by atoms with Crippen LogP contribution in [-0.2, 0) is 32.7 Å². The number of carbonyl (C=O) groups excluding carboxylic acids is 2. The van der Waals surface area contributed by atoms with E-state index in [-0.39, 0.29) is 12.8 Å². The van der Waals surface area contributed by atoms with Crippen LogP contribution in [-0.4, -0.2) is 64.9 Å². The quantitative estimate of drug-likeness (QED) is 0.0201. The van der Waals surface area contributed by atoms with Crippen LogP contribution in [0, 0.1) is 0 Å². The van der Waals surface area contributed by atoms with Gasteiger partial charge in [-0.1, -0.05) is 185 Å². The molecule has 3 unspecified atom stereocenters. The zero-order valence-electron chi connectivity index (χ0n) is 36.6. The molecule has 0 rings (SSSR count). The van der Waals surface area contributed by atoms with Gasteiger partial charge < -0.3 is 25.2 Å². The van der Waals surface area contributed by atoms with Crippen molar-refractivity contribution in [3.63, 3.8) is 0 Å². The van der Waals surface area contributed by atoms with Gasteiger partial charge in [-0.15, -0.1) is 0 Å². The monoisotopic (exact) mass is 842 g/mol. The molecule has 0 saturated carbocycles. The minimum Gasteiger partial charge on any atom is -0.480 e. The predicted octanol–water partition coefficient (Wildman–Crippen LogP) is 12.0. The maximum Gasteiger partial charge on any atom is 0.472 e. The first-order chi connectivity index (χ1) is 28.1. The number of amides is 1. The second-order valence-corrected chi connectivity index (χ2v) is 17.0. The van der Waals surface area contributed by atoms with Gasteiger partial charge in [0.2, 0.25) is 5.91 Å². The number of ether oxygens (including phenoxy) is 1. The van der Waals surface area contributed by atoms with Gasteiger partial charge in [0.1, 0.15) is 12.7 Å². The SMILES string of the molecule is CC/C=C\C/C=C\C/C=C\CCCCCCCCCC(=O)OCC(O)COP(=O)(O)OCC(NC(=O)CCCCCCCCCCCCCCCCCCC)C(=O)O. The number of hydrogen-bond donors (Lipinski definition) is 4. The molecular weight excluding hydrogens is 757 g/mol. The van der Waals surface area contributed by atoms with E-state index in [1.54, 1.807) is 0 Å². The van der Waals surface area contributed by atoms with Gasteiger partial charge in [0, 0.05) is 12.8 Å². The van der Waals surface area contributed by atoms with E-state index in [0.29, 0.717) is 12.8 Å². The van der Waals surface area contributed by atoms with Crippen LogP contribution in [0.15, 0.2) is 36.5 Å². The van der Waals surface area contributed by atoms with Gasteiger partial charge in [0.25, 0.3) is 0 Å². The maximum atomic E-state index is 12.3. The van der Waals surface area contributed by atoms with E-state index in [4.69, 9.17) is 13.8 Å². The number of phosphoric acid groups is 1. The first kappa shape index (κ1) is 55.7. The van der Waals surface area contributed by atoms with Gasteiger partial charge in [-0.05, 0) is 44.9 Å². The molecule has 0 aliphatic carbocycles. The molecule has 0 heterocycles. The molecule has 0 bridgehead atoms. The summed E-state index contributed by atoms with van der Waals surface area (Å²) in [5.74, 6) is -2.37. The molecule has 11 nitrogen and oxygen atoms in total. The summed E-state index contributed by atoms with van der Waals surface area (Å²) in [4.78, 5) is 46.0. The number of carboxylic acids is 1. The van der Waals surface area contributed by atoms with Crippen LogP contribution in [0.5, 0.6) is 0 Å². The average Bonchev–Trinajstić information content (AvgIpc) is 3.20. The number of allylic oxidation sites excluding steroid dienone is 6. The molecule has 3 atom stereocenters. The number of carboxylic acid groups (broad SMARTS) is 1. The molecule has 0 aliphatic heterocycles. The van der Waals surface area contributed by atoms with Crippen molar-refractivity contribution >= 4 is 25.7 Å². The Bertz CT molecular complexity index is 1130. The van der Waals surface area contributed by atoms with Crippen molar-refractivity contribution in [2.75, 3.05) is 19.8 Å². The molecule has 0 saturated heterocycles. The second-order valence-electron chi connectivity index (χ2n) is 15.6. The van der Waals surface area contributed by atoms with Crippen molar-refractivity contribution in [3.8, 4) is 0 Å². The van der Waals surface area contributed by atoms with Gasteiger partial charge in [0.05, 0.1) is 13.2 Å². The highest BCUT2D eigenvalue weighted by molar-refractivity contribution is 7.47. The Kier molecular flexibility index (Phi) is 39.8. The van der Waals surface area contributed by atoms with E-state index in [9.17, 15) is 34.1 Å². The number of unbranched alkanes of at least 4 members (excludes halogenated alkanes) is 23. The summed E-state index contributed by atoms with van der Waals surface area (Å²) < 4.78 is 26.9. The zero-order valence-corrected chi connectivity index (χ0v) is 37.5. The van der Waals surface area contributed by atoms with Crippen molar-refractivity contribution in [3.05, 3.63) is 36.5 Å². The van der Waals surface area contributed by atoms with Crippen molar-refractivity contribution in [2.24, 2.45) is 0 Å². The van der Waals surface area contributed by atoms with Gasteiger partial charge in [-0.25, -0.2) is 9.36 Å². The van der Waals surface area contributed by atoms with Gasteiger partial charge in [-0.2, -0.15) is 0 Å². The first-order valence-electron chi connectivity index (χ1n) is 23.0. The fourth-order valence-electron chi connectivity index (χ4n) is 6.39. The lowest BCUT2D eigenvalue weighted by Gasteiger charge is -2.18. The van der Waals surface area contributed by atoms with E-state index in [2.05, 4.69) is 55.6 Å². The van der Waals surface area contributed by atoms with Gasteiger partial charge >= 0.3 is 19.8 Å². The van der Waals surface area contributed by atoms with Crippen molar-refractivity contribution < 1.29 is 47.8 Å².